The first kappa shape index (κ1) is 16.5. The second kappa shape index (κ2) is 6.41. The van der Waals surface area contributed by atoms with Gasteiger partial charge in [-0.25, -0.2) is 9.50 Å². The molecule has 0 saturated heterocycles. The van der Waals surface area contributed by atoms with E-state index in [0.29, 0.717) is 11.2 Å². The molecule has 2 aliphatic carbocycles. The predicted octanol–water partition coefficient (Wildman–Crippen LogP) is 2.90. The van der Waals surface area contributed by atoms with Gasteiger partial charge in [0.05, 0.1) is 11.8 Å². The standard InChI is InChI=1S/C19H26N4O2/c1-3-25-15-12-14(19(15)8-5-4-6-9-19)21-18(24)16-13(2)22-23-11-7-10-20-17(16)23/h7,10-11,14-15H,3-6,8-9,12H2,1-2H3,(H,21,24)/t14-,15+/m0/s1. The lowest BCUT2D eigenvalue weighted by Gasteiger charge is -2.57. The molecule has 0 unspecified atom stereocenters. The minimum Gasteiger partial charge on any atom is -0.378 e. The summed E-state index contributed by atoms with van der Waals surface area (Å²) in [7, 11) is 0. The Labute approximate surface area is 148 Å². The third-order valence-electron chi connectivity index (χ3n) is 6.04. The average molecular weight is 342 g/mol. The van der Waals surface area contributed by atoms with Crippen molar-refractivity contribution in [1.82, 2.24) is 19.9 Å². The largest absolute Gasteiger partial charge is 0.378 e. The first-order valence-corrected chi connectivity index (χ1v) is 9.38. The summed E-state index contributed by atoms with van der Waals surface area (Å²) in [6, 6.07) is 2.01. The number of nitrogens with zero attached hydrogens (tertiary/aromatic N) is 3. The number of amides is 1. The fraction of sp³-hybridized carbons (Fsp3) is 0.632. The smallest absolute Gasteiger partial charge is 0.257 e. The molecule has 2 aromatic rings. The van der Waals surface area contributed by atoms with Crippen LogP contribution < -0.4 is 5.32 Å². The molecule has 6 heteroatoms. The fourth-order valence-electron chi connectivity index (χ4n) is 4.76. The van der Waals surface area contributed by atoms with Crippen LogP contribution in [0.25, 0.3) is 5.65 Å². The molecule has 6 nitrogen and oxygen atoms in total. The van der Waals surface area contributed by atoms with E-state index >= 15 is 0 Å². The van der Waals surface area contributed by atoms with E-state index in [0.717, 1.165) is 31.6 Å². The average Bonchev–Trinajstić information content (AvgIpc) is 2.97. The van der Waals surface area contributed by atoms with Crippen molar-refractivity contribution in [3.63, 3.8) is 0 Å². The van der Waals surface area contributed by atoms with Crippen molar-refractivity contribution >= 4 is 11.6 Å². The van der Waals surface area contributed by atoms with Gasteiger partial charge in [0.25, 0.3) is 5.91 Å². The van der Waals surface area contributed by atoms with Gasteiger partial charge in [0.15, 0.2) is 5.65 Å². The van der Waals surface area contributed by atoms with Gasteiger partial charge in [-0.15, -0.1) is 0 Å². The summed E-state index contributed by atoms with van der Waals surface area (Å²) in [5.74, 6) is -0.0592. The summed E-state index contributed by atoms with van der Waals surface area (Å²) in [6.45, 7) is 4.66. The van der Waals surface area contributed by atoms with Crippen molar-refractivity contribution in [3.8, 4) is 0 Å². The number of nitrogens with one attached hydrogen (secondary N) is 1. The van der Waals surface area contributed by atoms with Crippen molar-refractivity contribution in [3.05, 3.63) is 29.7 Å². The molecule has 1 spiro atoms. The minimum atomic E-state index is -0.0592. The van der Waals surface area contributed by atoms with E-state index in [2.05, 4.69) is 22.3 Å². The summed E-state index contributed by atoms with van der Waals surface area (Å²) in [6.07, 6.45) is 10.8. The molecule has 2 aromatic heterocycles. The molecule has 2 saturated carbocycles. The maximum absolute atomic E-state index is 13.0. The summed E-state index contributed by atoms with van der Waals surface area (Å²) in [5.41, 5.74) is 2.05. The molecule has 2 aliphatic rings. The second-order valence-electron chi connectivity index (χ2n) is 7.35. The molecular formula is C19H26N4O2. The quantitative estimate of drug-likeness (QED) is 0.928. The van der Waals surface area contributed by atoms with Crippen molar-refractivity contribution in [1.29, 1.82) is 0 Å². The Bertz CT molecular complexity index is 779. The summed E-state index contributed by atoms with van der Waals surface area (Å²) in [5, 5.41) is 7.69. The molecule has 1 amide bonds. The summed E-state index contributed by atoms with van der Waals surface area (Å²) in [4.78, 5) is 17.3. The van der Waals surface area contributed by atoms with E-state index in [4.69, 9.17) is 4.74 Å². The summed E-state index contributed by atoms with van der Waals surface area (Å²) < 4.78 is 7.66. The highest BCUT2D eigenvalue weighted by atomic mass is 16.5. The molecule has 0 bridgehead atoms. The predicted molar refractivity (Wildman–Crippen MR) is 94.5 cm³/mol. The highest BCUT2D eigenvalue weighted by molar-refractivity contribution is 6.01. The number of carbonyl (C=O) groups is 1. The molecule has 134 valence electrons. The van der Waals surface area contributed by atoms with Crippen molar-refractivity contribution in [2.75, 3.05) is 6.61 Å². The molecule has 1 N–H and O–H groups in total. The Hall–Kier alpha value is -1.95. The molecule has 0 radical (unpaired) electrons. The number of carbonyl (C=O) groups excluding carboxylic acids is 1. The van der Waals surface area contributed by atoms with Gasteiger partial charge in [-0.05, 0) is 39.2 Å². The zero-order valence-electron chi connectivity index (χ0n) is 15.0. The van der Waals surface area contributed by atoms with Crippen molar-refractivity contribution in [2.24, 2.45) is 5.41 Å². The zero-order chi connectivity index (χ0) is 17.4. The Balaban J connectivity index is 1.57. The molecule has 4 rings (SSSR count). The number of fused-ring (bicyclic) bond motifs is 1. The van der Waals surface area contributed by atoms with Gasteiger partial charge in [-0.1, -0.05) is 19.3 Å². The third kappa shape index (κ3) is 2.63. The fourth-order valence-corrected chi connectivity index (χ4v) is 4.76. The van der Waals surface area contributed by atoms with Crippen LogP contribution in [0.4, 0.5) is 0 Å². The Morgan fingerprint density at radius 2 is 2.20 bits per heavy atom. The molecule has 25 heavy (non-hydrogen) atoms. The number of hydrogen-bond acceptors (Lipinski definition) is 4. The molecule has 2 heterocycles. The van der Waals surface area contributed by atoms with E-state index in [1.54, 1.807) is 10.7 Å². The molecule has 2 fully saturated rings. The van der Waals surface area contributed by atoms with Crippen LogP contribution in [0.5, 0.6) is 0 Å². The van der Waals surface area contributed by atoms with Crippen LogP contribution in [0.1, 0.15) is 61.5 Å². The maximum Gasteiger partial charge on any atom is 0.257 e. The summed E-state index contributed by atoms with van der Waals surface area (Å²) >= 11 is 0. The molecular weight excluding hydrogens is 316 g/mol. The van der Waals surface area contributed by atoms with Gasteiger partial charge in [0, 0.05) is 30.5 Å². The van der Waals surface area contributed by atoms with Crippen LogP contribution in [0.3, 0.4) is 0 Å². The first-order chi connectivity index (χ1) is 12.2. The molecule has 2 atom stereocenters. The lowest BCUT2D eigenvalue weighted by Crippen LogP contribution is -2.65. The Kier molecular flexibility index (Phi) is 4.23. The lowest BCUT2D eigenvalue weighted by molar-refractivity contribution is -0.146. The van der Waals surface area contributed by atoms with Gasteiger partial charge >= 0.3 is 0 Å². The number of hydrogen-bond donors (Lipinski definition) is 1. The van der Waals surface area contributed by atoms with Crippen molar-refractivity contribution in [2.45, 2.75) is 64.5 Å². The first-order valence-electron chi connectivity index (χ1n) is 9.38. The topological polar surface area (TPSA) is 68.5 Å². The lowest BCUT2D eigenvalue weighted by atomic mass is 9.55. The van der Waals surface area contributed by atoms with Crippen LogP contribution in [-0.2, 0) is 4.74 Å². The number of aryl methyl sites for hydroxylation is 1. The Morgan fingerprint density at radius 3 is 2.96 bits per heavy atom. The van der Waals surface area contributed by atoms with Gasteiger partial charge in [0.2, 0.25) is 0 Å². The minimum absolute atomic E-state index is 0.0592. The SMILES string of the molecule is CCO[C@@H]1C[C@H](NC(=O)c2c(C)nn3cccnc23)C12CCCCC2. The van der Waals surface area contributed by atoms with Gasteiger partial charge in [0.1, 0.15) is 5.56 Å². The van der Waals surface area contributed by atoms with E-state index in [1.165, 1.54) is 19.3 Å². The van der Waals surface area contributed by atoms with E-state index in [-0.39, 0.29) is 23.5 Å². The van der Waals surface area contributed by atoms with E-state index in [9.17, 15) is 4.79 Å². The van der Waals surface area contributed by atoms with E-state index in [1.807, 2.05) is 19.2 Å². The van der Waals surface area contributed by atoms with Gasteiger partial charge < -0.3 is 10.1 Å². The van der Waals surface area contributed by atoms with Crippen LogP contribution in [0.2, 0.25) is 0 Å². The third-order valence-corrected chi connectivity index (χ3v) is 6.04. The number of rotatable bonds is 4. The number of ether oxygens (including phenoxy) is 1. The van der Waals surface area contributed by atoms with Crippen LogP contribution in [-0.4, -0.2) is 39.3 Å². The maximum atomic E-state index is 13.0. The van der Waals surface area contributed by atoms with Gasteiger partial charge in [-0.2, -0.15) is 5.10 Å². The van der Waals surface area contributed by atoms with E-state index < -0.39 is 0 Å². The van der Waals surface area contributed by atoms with Crippen LogP contribution in [0, 0.1) is 12.3 Å². The second-order valence-corrected chi connectivity index (χ2v) is 7.35. The van der Waals surface area contributed by atoms with Crippen LogP contribution >= 0.6 is 0 Å². The van der Waals surface area contributed by atoms with Crippen molar-refractivity contribution < 1.29 is 9.53 Å². The Morgan fingerprint density at radius 1 is 1.40 bits per heavy atom. The number of aromatic nitrogens is 3. The van der Waals surface area contributed by atoms with Gasteiger partial charge in [-0.3, -0.25) is 4.79 Å². The monoisotopic (exact) mass is 342 g/mol. The highest BCUT2D eigenvalue weighted by Gasteiger charge is 2.56. The molecule has 0 aromatic carbocycles. The zero-order valence-corrected chi connectivity index (χ0v) is 15.0. The van der Waals surface area contributed by atoms with Crippen LogP contribution in [0.15, 0.2) is 18.5 Å². The normalized spacial score (nSPS) is 25.0. The molecule has 0 aliphatic heterocycles. The highest BCUT2D eigenvalue weighted by Crippen LogP contribution is 2.53.